The fraction of sp³-hybridized carbons (Fsp3) is 0.833. The molecule has 1 heterocycles. The third-order valence-electron chi connectivity index (χ3n) is 7.54. The molecule has 0 N–H and O–H groups in total. The molecule has 0 aromatic rings. The van der Waals surface area contributed by atoms with Crippen LogP contribution in [0.15, 0.2) is 22.4 Å². The Hall–Kier alpha value is -1.32. The Balaban J connectivity index is 1.54. The van der Waals surface area contributed by atoms with Crippen molar-refractivity contribution in [3.8, 4) is 0 Å². The lowest BCUT2D eigenvalue weighted by atomic mass is 9.88. The molecule has 28 heavy (non-hydrogen) atoms. The second-order valence-electron chi connectivity index (χ2n) is 9.54. The van der Waals surface area contributed by atoms with Crippen LogP contribution < -0.4 is 0 Å². The zero-order valence-corrected chi connectivity index (χ0v) is 18.0. The third-order valence-corrected chi connectivity index (χ3v) is 7.54. The third kappa shape index (κ3) is 4.63. The van der Waals surface area contributed by atoms with Gasteiger partial charge in [-0.2, -0.15) is 0 Å². The number of hydrogen-bond donors (Lipinski definition) is 0. The minimum absolute atomic E-state index is 0.513. The highest BCUT2D eigenvalue weighted by Gasteiger charge is 2.33. The van der Waals surface area contributed by atoms with Crippen molar-refractivity contribution in [2.75, 3.05) is 13.6 Å². The van der Waals surface area contributed by atoms with Gasteiger partial charge in [-0.3, -0.25) is 4.99 Å². The normalized spacial score (nSPS) is 28.5. The molecule has 156 valence electrons. The van der Waals surface area contributed by atoms with E-state index in [1.807, 2.05) is 0 Å². The summed E-state index contributed by atoms with van der Waals surface area (Å²) in [5.41, 5.74) is 0. The average Bonchev–Trinajstić information content (AvgIpc) is 3.04. The predicted octanol–water partition coefficient (Wildman–Crippen LogP) is 5.75. The summed E-state index contributed by atoms with van der Waals surface area (Å²) in [5, 5.41) is 0. The van der Waals surface area contributed by atoms with Gasteiger partial charge < -0.3 is 9.80 Å². The molecule has 3 aliphatic carbocycles. The zero-order chi connectivity index (χ0) is 19.3. The second-order valence-corrected chi connectivity index (χ2v) is 9.54. The van der Waals surface area contributed by atoms with E-state index in [1.165, 1.54) is 108 Å². The Morgan fingerprint density at radius 2 is 1.39 bits per heavy atom. The predicted molar refractivity (Wildman–Crippen MR) is 119 cm³/mol. The van der Waals surface area contributed by atoms with E-state index >= 15 is 0 Å². The summed E-state index contributed by atoms with van der Waals surface area (Å²) in [6.45, 7) is 5.34. The van der Waals surface area contributed by atoms with Crippen molar-refractivity contribution in [2.45, 2.75) is 108 Å². The Morgan fingerprint density at radius 3 is 2.04 bits per heavy atom. The molecule has 4 aliphatic rings. The first-order chi connectivity index (χ1) is 13.7. The molecule has 4 nitrogen and oxygen atoms in total. The first kappa shape index (κ1) is 20.0. The molecule has 0 aromatic carbocycles. The zero-order valence-electron chi connectivity index (χ0n) is 18.0. The van der Waals surface area contributed by atoms with Gasteiger partial charge in [0.15, 0.2) is 0 Å². The lowest BCUT2D eigenvalue weighted by Crippen LogP contribution is -2.34. The molecule has 0 unspecified atom stereocenters. The van der Waals surface area contributed by atoms with Crippen molar-refractivity contribution in [3.63, 3.8) is 0 Å². The van der Waals surface area contributed by atoms with Crippen LogP contribution >= 0.6 is 0 Å². The van der Waals surface area contributed by atoms with Gasteiger partial charge in [-0.25, -0.2) is 4.99 Å². The maximum absolute atomic E-state index is 5.27. The van der Waals surface area contributed by atoms with Crippen LogP contribution in [0.5, 0.6) is 0 Å². The maximum atomic E-state index is 5.27. The first-order valence-electron chi connectivity index (χ1n) is 12.1. The monoisotopic (exact) mass is 384 g/mol. The maximum Gasteiger partial charge on any atom is 0.131 e. The lowest BCUT2D eigenvalue weighted by molar-refractivity contribution is 0.217. The van der Waals surface area contributed by atoms with Crippen LogP contribution in [0.3, 0.4) is 0 Å². The van der Waals surface area contributed by atoms with Gasteiger partial charge in [0.1, 0.15) is 17.5 Å². The molecule has 4 fully saturated rings. The van der Waals surface area contributed by atoms with E-state index in [4.69, 9.17) is 9.98 Å². The van der Waals surface area contributed by atoms with Crippen molar-refractivity contribution in [1.29, 1.82) is 0 Å². The highest BCUT2D eigenvalue weighted by molar-refractivity contribution is 6.00. The lowest BCUT2D eigenvalue weighted by Gasteiger charge is -2.32. The van der Waals surface area contributed by atoms with Crippen molar-refractivity contribution in [2.24, 2.45) is 15.9 Å². The van der Waals surface area contributed by atoms with Crippen LogP contribution in [0, 0.1) is 5.92 Å². The molecule has 0 aromatic heterocycles. The summed E-state index contributed by atoms with van der Waals surface area (Å²) in [7, 11) is 2.16. The molecule has 0 spiro atoms. The van der Waals surface area contributed by atoms with Crippen LogP contribution in [0.2, 0.25) is 0 Å². The molecule has 3 saturated carbocycles. The van der Waals surface area contributed by atoms with E-state index in [9.17, 15) is 0 Å². The first-order valence-corrected chi connectivity index (χ1v) is 12.1. The number of rotatable bonds is 3. The standard InChI is InChI=1S/C24H40N4/c1-19-27(2)23(18-28(19)22-16-10-5-11-17-22)26-24(20-12-6-3-7-13-20)25-21-14-8-4-9-15-21/h20-22H,1,3-18H2,2H3. The molecular weight excluding hydrogens is 344 g/mol. The average molecular weight is 385 g/mol. The van der Waals surface area contributed by atoms with Gasteiger partial charge in [-0.1, -0.05) is 64.4 Å². The number of nitrogens with zero attached hydrogens (tertiary/aromatic N) is 4. The van der Waals surface area contributed by atoms with Gasteiger partial charge in [0.25, 0.3) is 0 Å². The van der Waals surface area contributed by atoms with E-state index in [1.54, 1.807) is 0 Å². The van der Waals surface area contributed by atoms with Crippen LogP contribution in [0.1, 0.15) is 96.3 Å². The molecule has 0 radical (unpaired) electrons. The van der Waals surface area contributed by atoms with Crippen molar-refractivity contribution >= 4 is 11.7 Å². The Bertz CT molecular complexity index is 590. The fourth-order valence-electron chi connectivity index (χ4n) is 5.65. The van der Waals surface area contributed by atoms with Crippen LogP contribution in [-0.2, 0) is 0 Å². The molecule has 1 aliphatic heterocycles. The molecule has 0 atom stereocenters. The van der Waals surface area contributed by atoms with E-state index in [2.05, 4.69) is 23.4 Å². The van der Waals surface area contributed by atoms with E-state index in [-0.39, 0.29) is 0 Å². The number of aliphatic imine (C=N–C) groups is 2. The highest BCUT2D eigenvalue weighted by Crippen LogP contribution is 2.31. The highest BCUT2D eigenvalue weighted by atomic mass is 15.4. The van der Waals surface area contributed by atoms with Gasteiger partial charge in [-0.05, 0) is 38.5 Å². The molecule has 1 saturated heterocycles. The minimum Gasteiger partial charge on any atom is -0.348 e. The van der Waals surface area contributed by atoms with Gasteiger partial charge in [0.2, 0.25) is 0 Å². The quantitative estimate of drug-likeness (QED) is 0.458. The largest absolute Gasteiger partial charge is 0.348 e. The molecule has 4 rings (SSSR count). The number of hydrogen-bond acceptors (Lipinski definition) is 2. The summed E-state index contributed by atoms with van der Waals surface area (Å²) < 4.78 is 0. The molecule has 0 bridgehead atoms. The smallest absolute Gasteiger partial charge is 0.131 e. The van der Waals surface area contributed by atoms with Gasteiger partial charge in [-0.15, -0.1) is 0 Å². The number of likely N-dealkylation sites (N-methyl/N-ethyl adjacent to an activating group) is 1. The van der Waals surface area contributed by atoms with Gasteiger partial charge >= 0.3 is 0 Å². The SMILES string of the molecule is C=C1N(C)C(=NC(=NC2CCCCC2)C2CCCCC2)CN1C1CCCCC1. The summed E-state index contributed by atoms with van der Waals surface area (Å²) in [5.74, 6) is 4.07. The molecule has 4 heteroatoms. The Morgan fingerprint density at radius 1 is 0.821 bits per heavy atom. The molecule has 0 amide bonds. The number of amidine groups is 2. The van der Waals surface area contributed by atoms with Crippen LogP contribution in [0.25, 0.3) is 0 Å². The van der Waals surface area contributed by atoms with Crippen molar-refractivity contribution < 1.29 is 0 Å². The minimum atomic E-state index is 0.513. The van der Waals surface area contributed by atoms with Gasteiger partial charge in [0, 0.05) is 19.0 Å². The Kier molecular flexibility index (Phi) is 6.74. The topological polar surface area (TPSA) is 31.2 Å². The molecular formula is C24H40N4. The fourth-order valence-corrected chi connectivity index (χ4v) is 5.65. The Labute approximate surface area is 172 Å². The van der Waals surface area contributed by atoms with Crippen molar-refractivity contribution in [1.82, 2.24) is 9.80 Å². The summed E-state index contributed by atoms with van der Waals surface area (Å²) >= 11 is 0. The summed E-state index contributed by atoms with van der Waals surface area (Å²) in [4.78, 5) is 15.3. The van der Waals surface area contributed by atoms with Crippen molar-refractivity contribution in [3.05, 3.63) is 12.4 Å². The van der Waals surface area contributed by atoms with E-state index in [0.717, 1.165) is 12.4 Å². The second kappa shape index (κ2) is 9.45. The summed E-state index contributed by atoms with van der Waals surface area (Å²) in [6.07, 6.45) is 20.0. The van der Waals surface area contributed by atoms with Crippen LogP contribution in [-0.4, -0.2) is 47.1 Å². The van der Waals surface area contributed by atoms with E-state index < -0.39 is 0 Å². The summed E-state index contributed by atoms with van der Waals surface area (Å²) in [6, 6.07) is 1.17. The van der Waals surface area contributed by atoms with Crippen LogP contribution in [0.4, 0.5) is 0 Å². The van der Waals surface area contributed by atoms with E-state index in [0.29, 0.717) is 18.0 Å². The van der Waals surface area contributed by atoms with Gasteiger partial charge in [0.05, 0.1) is 12.6 Å².